The van der Waals surface area contributed by atoms with E-state index in [1.165, 1.54) is 6.07 Å². The number of ether oxygens (including phenoxy) is 1. The van der Waals surface area contributed by atoms with Gasteiger partial charge >= 0.3 is 0 Å². The summed E-state index contributed by atoms with van der Waals surface area (Å²) >= 11 is 0. The molecule has 0 saturated heterocycles. The summed E-state index contributed by atoms with van der Waals surface area (Å²) in [5, 5.41) is 5.15. The van der Waals surface area contributed by atoms with Gasteiger partial charge in [-0.25, -0.2) is 13.6 Å². The molecule has 2 N–H and O–H groups in total. The molecule has 1 amide bonds. The summed E-state index contributed by atoms with van der Waals surface area (Å²) in [7, 11) is -2.15. The number of nitrogens with zero attached hydrogens (tertiary/aromatic N) is 1. The predicted molar refractivity (Wildman–Crippen MR) is 88.8 cm³/mol. The zero-order chi connectivity index (χ0) is 17.3. The third-order valence-corrected chi connectivity index (χ3v) is 4.98. The van der Waals surface area contributed by atoms with Crippen LogP contribution >= 0.6 is 0 Å². The van der Waals surface area contributed by atoms with Crippen LogP contribution < -0.4 is 9.88 Å². The molecular weight excluding hydrogens is 328 g/mol. The van der Waals surface area contributed by atoms with Crippen molar-refractivity contribution in [2.24, 2.45) is 5.14 Å². The van der Waals surface area contributed by atoms with E-state index in [-0.39, 0.29) is 17.2 Å². The minimum atomic E-state index is -3.74. The lowest BCUT2D eigenvalue weighted by Crippen LogP contribution is -2.26. The molecular formula is C17H18N2O4S. The molecule has 1 aliphatic rings. The monoisotopic (exact) mass is 346 g/mol. The maximum atomic E-state index is 12.5. The number of nitrogens with two attached hydrogens (primary N) is 1. The van der Waals surface area contributed by atoms with Crippen LogP contribution in [-0.2, 0) is 34.3 Å². The normalized spacial score (nSPS) is 13.7. The topological polar surface area (TPSA) is 89.7 Å². The Balaban J connectivity index is 1.74. The Labute approximate surface area is 140 Å². The molecule has 0 unspecified atom stereocenters. The first-order chi connectivity index (χ1) is 11.4. The van der Waals surface area contributed by atoms with Crippen LogP contribution in [0.4, 0.5) is 0 Å². The van der Waals surface area contributed by atoms with Crippen LogP contribution in [0.1, 0.15) is 16.7 Å². The van der Waals surface area contributed by atoms with E-state index in [1.807, 2.05) is 24.3 Å². The van der Waals surface area contributed by atoms with Crippen molar-refractivity contribution in [3.05, 3.63) is 59.2 Å². The molecule has 3 rings (SSSR count). The van der Waals surface area contributed by atoms with Crippen molar-refractivity contribution in [1.82, 2.24) is 4.90 Å². The molecule has 2 aromatic carbocycles. The van der Waals surface area contributed by atoms with E-state index >= 15 is 0 Å². The number of carbonyl (C=O) groups is 1. The van der Waals surface area contributed by atoms with Crippen LogP contribution in [0.3, 0.4) is 0 Å². The van der Waals surface area contributed by atoms with E-state index in [2.05, 4.69) is 0 Å². The maximum Gasteiger partial charge on any atom is 0.238 e. The molecule has 2 aromatic rings. The van der Waals surface area contributed by atoms with Crippen molar-refractivity contribution in [3.63, 3.8) is 0 Å². The summed E-state index contributed by atoms with van der Waals surface area (Å²) in [6, 6.07) is 12.1. The van der Waals surface area contributed by atoms with Gasteiger partial charge in [0.15, 0.2) is 0 Å². The van der Waals surface area contributed by atoms with Gasteiger partial charge in [-0.1, -0.05) is 18.2 Å². The Morgan fingerprint density at radius 3 is 2.62 bits per heavy atom. The van der Waals surface area contributed by atoms with Crippen molar-refractivity contribution >= 4 is 15.9 Å². The van der Waals surface area contributed by atoms with Crippen LogP contribution in [0.25, 0.3) is 0 Å². The van der Waals surface area contributed by atoms with Gasteiger partial charge in [-0.3, -0.25) is 4.79 Å². The third kappa shape index (κ3) is 3.42. The second-order valence-corrected chi connectivity index (χ2v) is 7.32. The van der Waals surface area contributed by atoms with Crippen LogP contribution in [0, 0.1) is 0 Å². The summed E-state index contributed by atoms with van der Waals surface area (Å²) in [5.41, 5.74) is 2.64. The molecule has 0 aromatic heterocycles. The fourth-order valence-corrected chi connectivity index (χ4v) is 3.36. The smallest absolute Gasteiger partial charge is 0.238 e. The van der Waals surface area contributed by atoms with Gasteiger partial charge in [-0.05, 0) is 41.0 Å². The minimum absolute atomic E-state index is 0.0170. The highest BCUT2D eigenvalue weighted by Gasteiger charge is 2.24. The number of amides is 1. The van der Waals surface area contributed by atoms with Gasteiger partial charge in [0.2, 0.25) is 15.9 Å². The quantitative estimate of drug-likeness (QED) is 0.907. The fraction of sp³-hybridized carbons (Fsp3) is 0.235. The molecule has 24 heavy (non-hydrogen) atoms. The first kappa shape index (κ1) is 16.5. The number of primary sulfonamides is 1. The molecule has 0 aliphatic carbocycles. The molecule has 126 valence electrons. The van der Waals surface area contributed by atoms with E-state index in [1.54, 1.807) is 24.1 Å². The standard InChI is InChI=1S/C17H18N2O4S/c1-23-15-4-2-3-12(7-15)8-17(20)19-10-13-5-6-16(24(18,21)22)9-14(13)11-19/h2-7,9H,8,10-11H2,1H3,(H2,18,21,22). The Morgan fingerprint density at radius 2 is 1.92 bits per heavy atom. The molecule has 0 fully saturated rings. The van der Waals surface area contributed by atoms with E-state index in [9.17, 15) is 13.2 Å². The molecule has 0 spiro atoms. The van der Waals surface area contributed by atoms with Gasteiger partial charge in [0, 0.05) is 13.1 Å². The number of hydrogen-bond acceptors (Lipinski definition) is 4. The van der Waals surface area contributed by atoms with Gasteiger partial charge in [-0.2, -0.15) is 0 Å². The van der Waals surface area contributed by atoms with E-state index in [0.717, 1.165) is 16.7 Å². The molecule has 1 aliphatic heterocycles. The van der Waals surface area contributed by atoms with Gasteiger partial charge < -0.3 is 9.64 Å². The third-order valence-electron chi connectivity index (χ3n) is 4.07. The lowest BCUT2D eigenvalue weighted by Gasteiger charge is -2.15. The Bertz CT molecular complexity index is 893. The average molecular weight is 346 g/mol. The summed E-state index contributed by atoms with van der Waals surface area (Å²) in [4.78, 5) is 14.3. The minimum Gasteiger partial charge on any atom is -0.497 e. The fourth-order valence-electron chi connectivity index (χ4n) is 2.79. The largest absolute Gasteiger partial charge is 0.497 e. The Morgan fingerprint density at radius 1 is 1.17 bits per heavy atom. The molecule has 0 saturated carbocycles. The van der Waals surface area contributed by atoms with Crippen molar-refractivity contribution in [2.75, 3.05) is 7.11 Å². The second kappa shape index (κ2) is 6.26. The summed E-state index contributed by atoms with van der Waals surface area (Å²) in [5.74, 6) is 0.694. The molecule has 0 atom stereocenters. The van der Waals surface area contributed by atoms with Crippen LogP contribution in [0.15, 0.2) is 47.4 Å². The summed E-state index contributed by atoms with van der Waals surface area (Å²) in [6.45, 7) is 0.866. The number of carbonyl (C=O) groups excluding carboxylic acids is 1. The van der Waals surface area contributed by atoms with Gasteiger partial charge in [0.05, 0.1) is 18.4 Å². The van der Waals surface area contributed by atoms with Gasteiger partial charge in [0.1, 0.15) is 5.75 Å². The first-order valence-corrected chi connectivity index (χ1v) is 8.97. The van der Waals surface area contributed by atoms with Crippen LogP contribution in [0.2, 0.25) is 0 Å². The lowest BCUT2D eigenvalue weighted by molar-refractivity contribution is -0.131. The lowest BCUT2D eigenvalue weighted by atomic mass is 10.1. The molecule has 6 nitrogen and oxygen atoms in total. The van der Waals surface area contributed by atoms with Crippen molar-refractivity contribution in [2.45, 2.75) is 24.4 Å². The molecule has 7 heteroatoms. The SMILES string of the molecule is COc1cccc(CC(=O)N2Cc3ccc(S(N)(=O)=O)cc3C2)c1. The molecule has 1 heterocycles. The number of rotatable bonds is 4. The molecule has 0 bridgehead atoms. The van der Waals surface area contributed by atoms with Crippen LogP contribution in [-0.4, -0.2) is 26.3 Å². The highest BCUT2D eigenvalue weighted by molar-refractivity contribution is 7.89. The average Bonchev–Trinajstić information content (AvgIpc) is 2.97. The van der Waals surface area contributed by atoms with Crippen LogP contribution in [0.5, 0.6) is 5.75 Å². The maximum absolute atomic E-state index is 12.5. The van der Waals surface area contributed by atoms with E-state index in [4.69, 9.17) is 9.88 Å². The zero-order valence-electron chi connectivity index (χ0n) is 13.2. The number of methoxy groups -OCH3 is 1. The first-order valence-electron chi connectivity index (χ1n) is 7.42. The summed E-state index contributed by atoms with van der Waals surface area (Å²) in [6.07, 6.45) is 0.271. The van der Waals surface area contributed by atoms with E-state index < -0.39 is 10.0 Å². The number of benzene rings is 2. The molecule has 0 radical (unpaired) electrons. The predicted octanol–water partition coefficient (Wildman–Crippen LogP) is 1.43. The highest BCUT2D eigenvalue weighted by atomic mass is 32.2. The van der Waals surface area contributed by atoms with Crippen molar-refractivity contribution in [1.29, 1.82) is 0 Å². The Hall–Kier alpha value is -2.38. The number of sulfonamides is 1. The number of hydrogen-bond donors (Lipinski definition) is 1. The number of fused-ring (bicyclic) bond motifs is 1. The zero-order valence-corrected chi connectivity index (χ0v) is 14.0. The summed E-state index contributed by atoms with van der Waals surface area (Å²) < 4.78 is 28.0. The van der Waals surface area contributed by atoms with Crippen molar-refractivity contribution < 1.29 is 17.9 Å². The Kier molecular flexibility index (Phi) is 4.29. The van der Waals surface area contributed by atoms with E-state index in [0.29, 0.717) is 18.8 Å². The second-order valence-electron chi connectivity index (χ2n) is 5.75. The highest BCUT2D eigenvalue weighted by Crippen LogP contribution is 2.26. The van der Waals surface area contributed by atoms with Gasteiger partial charge in [-0.15, -0.1) is 0 Å². The van der Waals surface area contributed by atoms with Crippen molar-refractivity contribution in [3.8, 4) is 5.75 Å². The van der Waals surface area contributed by atoms with Gasteiger partial charge in [0.25, 0.3) is 0 Å².